The molecule has 0 atom stereocenters. The first-order valence-electron chi connectivity index (χ1n) is 10.5. The maximum atomic E-state index is 6.81. The Kier molecular flexibility index (Phi) is 5.97. The van der Waals surface area contributed by atoms with E-state index in [0.717, 1.165) is 11.3 Å². The fourth-order valence-corrected chi connectivity index (χ4v) is 11.6. The van der Waals surface area contributed by atoms with Crippen LogP contribution >= 0.6 is 6.04 Å². The lowest BCUT2D eigenvalue weighted by Crippen LogP contribution is -2.30. The highest BCUT2D eigenvalue weighted by molar-refractivity contribution is 8.19. The third-order valence-corrected chi connectivity index (χ3v) is 13.3. The van der Waals surface area contributed by atoms with E-state index in [2.05, 4.69) is 54.6 Å². The summed E-state index contributed by atoms with van der Waals surface area (Å²) in [6.45, 7) is 0. The number of hydrogen-bond acceptors (Lipinski definition) is 1. The van der Waals surface area contributed by atoms with Crippen LogP contribution in [0.15, 0.2) is 54.6 Å². The van der Waals surface area contributed by atoms with Gasteiger partial charge in [0.05, 0.1) is 0 Å². The van der Waals surface area contributed by atoms with Crippen LogP contribution in [0.3, 0.4) is 0 Å². The van der Waals surface area contributed by atoms with E-state index < -0.39 is 6.04 Å². The average Bonchev–Trinajstić information content (AvgIpc) is 2.75. The molecule has 2 saturated carbocycles. The Bertz CT molecular complexity index is 733. The monoisotopic (exact) mass is 382 g/mol. The quantitative estimate of drug-likeness (QED) is 0.507. The van der Waals surface area contributed by atoms with Gasteiger partial charge in [-0.2, -0.15) is 0 Å². The molecule has 4 rings (SSSR count). The summed E-state index contributed by atoms with van der Waals surface area (Å²) in [4.78, 5) is 0. The van der Waals surface area contributed by atoms with Crippen molar-refractivity contribution in [3.8, 4) is 11.1 Å². The summed E-state index contributed by atoms with van der Waals surface area (Å²) in [6, 6.07) is 18.6. The molecule has 0 aromatic heterocycles. The zero-order valence-corrected chi connectivity index (χ0v) is 17.5. The van der Waals surface area contributed by atoms with Crippen LogP contribution in [0.4, 0.5) is 0 Å². The lowest BCUT2D eigenvalue weighted by atomic mass is 9.99. The van der Waals surface area contributed by atoms with Gasteiger partial charge in [-0.25, -0.2) is 0 Å². The highest BCUT2D eigenvalue weighted by Gasteiger charge is 2.39. The van der Waals surface area contributed by atoms with Crippen molar-refractivity contribution in [3.63, 3.8) is 0 Å². The first-order chi connectivity index (χ1) is 12.8. The van der Waals surface area contributed by atoms with Gasteiger partial charge < -0.3 is 0 Å². The van der Waals surface area contributed by atoms with Crippen molar-refractivity contribution in [2.45, 2.75) is 75.5 Å². The molecule has 2 heteroatoms. The third-order valence-electron chi connectivity index (χ3n) is 6.60. The zero-order chi connectivity index (χ0) is 17.8. The molecule has 138 valence electrons. The molecule has 2 fully saturated rings. The molecular weight excluding hydrogens is 351 g/mol. The van der Waals surface area contributed by atoms with Crippen molar-refractivity contribution in [2.75, 3.05) is 0 Å². The molecule has 0 aliphatic heterocycles. The molecular formula is C24H31PS. The highest BCUT2D eigenvalue weighted by Crippen LogP contribution is 2.63. The van der Waals surface area contributed by atoms with Crippen molar-refractivity contribution in [3.05, 3.63) is 54.6 Å². The van der Waals surface area contributed by atoms with Crippen LogP contribution in [0.2, 0.25) is 0 Å². The van der Waals surface area contributed by atoms with E-state index in [1.807, 2.05) is 0 Å². The highest BCUT2D eigenvalue weighted by atomic mass is 32.4. The smallest absolute Gasteiger partial charge is 0.00589 e. The van der Waals surface area contributed by atoms with Crippen molar-refractivity contribution >= 4 is 23.1 Å². The summed E-state index contributed by atoms with van der Waals surface area (Å²) >= 11 is 6.81. The lowest BCUT2D eigenvalue weighted by molar-refractivity contribution is 0.486. The molecule has 0 bridgehead atoms. The van der Waals surface area contributed by atoms with Gasteiger partial charge >= 0.3 is 0 Å². The van der Waals surface area contributed by atoms with Gasteiger partial charge in [-0.15, -0.1) is 0 Å². The van der Waals surface area contributed by atoms with Gasteiger partial charge in [0.25, 0.3) is 0 Å². The Balaban J connectivity index is 1.83. The molecule has 0 amide bonds. The summed E-state index contributed by atoms with van der Waals surface area (Å²) in [5.74, 6) is 0. The minimum Gasteiger partial charge on any atom is -0.0920 e. The third kappa shape index (κ3) is 3.58. The summed E-state index contributed by atoms with van der Waals surface area (Å²) in [7, 11) is 0. The topological polar surface area (TPSA) is 0 Å². The standard InChI is InChI=1S/C24H31PS/c26-25(21-14-6-2-7-15-21,22-16-8-3-9-17-22)24-19-11-10-18-23(24)20-12-4-1-5-13-20/h1,4-5,10-13,18-19,21-22H,2-3,6-9,14-17H2. The first kappa shape index (κ1) is 18.5. The maximum Gasteiger partial charge on any atom is -0.00589 e. The van der Waals surface area contributed by atoms with Gasteiger partial charge in [-0.3, -0.25) is 0 Å². The Morgan fingerprint density at radius 1 is 0.615 bits per heavy atom. The van der Waals surface area contributed by atoms with Crippen molar-refractivity contribution in [1.82, 2.24) is 0 Å². The summed E-state index contributed by atoms with van der Waals surface area (Å²) < 4.78 is 0. The Labute approximate surface area is 164 Å². The fourth-order valence-electron chi connectivity index (χ4n) is 5.26. The van der Waals surface area contributed by atoms with E-state index in [1.165, 1.54) is 75.3 Å². The molecule has 2 aliphatic carbocycles. The second-order valence-electron chi connectivity index (χ2n) is 8.18. The first-order valence-corrected chi connectivity index (χ1v) is 13.5. The van der Waals surface area contributed by atoms with Gasteiger partial charge in [-0.05, 0) is 59.5 Å². The summed E-state index contributed by atoms with van der Waals surface area (Å²) in [5.41, 5.74) is 4.33. The molecule has 2 aromatic rings. The number of rotatable bonds is 4. The van der Waals surface area contributed by atoms with Crippen molar-refractivity contribution < 1.29 is 0 Å². The number of benzene rings is 2. The predicted octanol–water partition coefficient (Wildman–Crippen LogP) is 7.12. The lowest BCUT2D eigenvalue weighted by Gasteiger charge is -2.42. The number of hydrogen-bond donors (Lipinski definition) is 0. The molecule has 0 heterocycles. The molecule has 0 spiro atoms. The van der Waals surface area contributed by atoms with Crippen LogP contribution in [0.25, 0.3) is 11.1 Å². The van der Waals surface area contributed by atoms with Crippen LogP contribution in [0.1, 0.15) is 64.2 Å². The van der Waals surface area contributed by atoms with E-state index in [9.17, 15) is 0 Å². The normalized spacial score (nSPS) is 20.2. The van der Waals surface area contributed by atoms with Gasteiger partial charge in [0.15, 0.2) is 0 Å². The van der Waals surface area contributed by atoms with Crippen LogP contribution in [-0.4, -0.2) is 11.3 Å². The largest absolute Gasteiger partial charge is 0.0920 e. The van der Waals surface area contributed by atoms with Crippen LogP contribution in [0.5, 0.6) is 0 Å². The molecule has 0 saturated heterocycles. The molecule has 0 nitrogen and oxygen atoms in total. The van der Waals surface area contributed by atoms with Gasteiger partial charge in [-0.1, -0.05) is 105 Å². The van der Waals surface area contributed by atoms with E-state index >= 15 is 0 Å². The van der Waals surface area contributed by atoms with Crippen LogP contribution in [0, 0.1) is 0 Å². The van der Waals surface area contributed by atoms with Crippen molar-refractivity contribution in [2.24, 2.45) is 0 Å². The van der Waals surface area contributed by atoms with Gasteiger partial charge in [0.2, 0.25) is 0 Å². The Morgan fingerprint density at radius 2 is 1.12 bits per heavy atom. The van der Waals surface area contributed by atoms with E-state index in [0.29, 0.717) is 0 Å². The second kappa shape index (κ2) is 8.41. The maximum absolute atomic E-state index is 6.81. The van der Waals surface area contributed by atoms with Gasteiger partial charge in [0, 0.05) is 0 Å². The molecule has 0 radical (unpaired) electrons. The second-order valence-corrected chi connectivity index (χ2v) is 13.4. The van der Waals surface area contributed by atoms with E-state index in [4.69, 9.17) is 11.8 Å². The van der Waals surface area contributed by atoms with Gasteiger partial charge in [0.1, 0.15) is 0 Å². The summed E-state index contributed by atoms with van der Waals surface area (Å²) in [6.07, 6.45) is 13.9. The SMILES string of the molecule is S=P(c1ccccc1-c1ccccc1)(C1CCCCC1)C1CCCCC1. The van der Waals surface area contributed by atoms with Crippen LogP contribution in [-0.2, 0) is 11.8 Å². The van der Waals surface area contributed by atoms with Crippen LogP contribution < -0.4 is 5.30 Å². The molecule has 0 unspecified atom stereocenters. The zero-order valence-electron chi connectivity index (χ0n) is 15.8. The van der Waals surface area contributed by atoms with E-state index in [-0.39, 0.29) is 0 Å². The molecule has 2 aromatic carbocycles. The predicted molar refractivity (Wildman–Crippen MR) is 120 cm³/mol. The average molecular weight is 383 g/mol. The Morgan fingerprint density at radius 3 is 1.69 bits per heavy atom. The minimum atomic E-state index is -1.59. The molecule has 26 heavy (non-hydrogen) atoms. The summed E-state index contributed by atoms with van der Waals surface area (Å²) in [5, 5.41) is 1.56. The van der Waals surface area contributed by atoms with E-state index in [1.54, 1.807) is 5.30 Å². The minimum absolute atomic E-state index is 0.777. The molecule has 2 aliphatic rings. The van der Waals surface area contributed by atoms with Crippen molar-refractivity contribution in [1.29, 1.82) is 0 Å². The Hall–Kier alpha value is -0.910. The molecule has 0 N–H and O–H groups in total. The fraction of sp³-hybridized carbons (Fsp3) is 0.500.